The quantitative estimate of drug-likeness (QED) is 0.834. The molecule has 1 heterocycles. The highest BCUT2D eigenvalue weighted by Crippen LogP contribution is 2.17. The maximum absolute atomic E-state index is 11.9. The van der Waals surface area contributed by atoms with Crippen molar-refractivity contribution in [1.82, 2.24) is 10.2 Å². The monoisotopic (exact) mass is 270 g/mol. The number of hydrogen-bond donors (Lipinski definition) is 1. The molecule has 5 heteroatoms. The molecular weight excluding hydrogens is 244 g/mol. The average Bonchev–Trinajstić information content (AvgIpc) is 2.33. The Kier molecular flexibility index (Phi) is 5.79. The van der Waals surface area contributed by atoms with E-state index in [1.165, 1.54) is 6.92 Å². The van der Waals surface area contributed by atoms with Crippen molar-refractivity contribution in [2.24, 2.45) is 5.92 Å². The first kappa shape index (κ1) is 16.0. The van der Waals surface area contributed by atoms with Crippen LogP contribution in [0.25, 0.3) is 0 Å². The fourth-order valence-electron chi connectivity index (χ4n) is 2.04. The summed E-state index contributed by atoms with van der Waals surface area (Å²) in [7, 11) is 0. The van der Waals surface area contributed by atoms with Gasteiger partial charge >= 0.3 is 0 Å². The van der Waals surface area contributed by atoms with E-state index >= 15 is 0 Å². The van der Waals surface area contributed by atoms with Crippen LogP contribution in [0, 0.1) is 5.92 Å². The van der Waals surface area contributed by atoms with Crippen molar-refractivity contribution in [3.05, 3.63) is 0 Å². The molecule has 0 unspecified atom stereocenters. The van der Waals surface area contributed by atoms with Crippen LogP contribution in [0.15, 0.2) is 0 Å². The minimum absolute atomic E-state index is 0.0112. The zero-order chi connectivity index (χ0) is 14.5. The SMILES string of the molecule is CC(=O)NCC1CCN(C(=O)COC(C)(C)C)CC1. The van der Waals surface area contributed by atoms with Crippen molar-refractivity contribution < 1.29 is 14.3 Å². The molecule has 0 radical (unpaired) electrons. The van der Waals surface area contributed by atoms with Crippen LogP contribution in [-0.4, -0.2) is 48.6 Å². The number of piperidine rings is 1. The van der Waals surface area contributed by atoms with Crippen molar-refractivity contribution in [2.45, 2.75) is 46.1 Å². The molecule has 0 aromatic carbocycles. The Hall–Kier alpha value is -1.10. The third-order valence-corrected chi connectivity index (χ3v) is 3.24. The minimum Gasteiger partial charge on any atom is -0.366 e. The summed E-state index contributed by atoms with van der Waals surface area (Å²) in [5.74, 6) is 0.557. The Bertz CT molecular complexity index is 315. The molecule has 1 aliphatic heterocycles. The van der Waals surface area contributed by atoms with Gasteiger partial charge in [0.2, 0.25) is 11.8 Å². The second-order valence-electron chi connectivity index (χ2n) is 6.16. The molecule has 1 N–H and O–H groups in total. The van der Waals surface area contributed by atoms with Gasteiger partial charge in [-0.2, -0.15) is 0 Å². The molecular formula is C14H26N2O3. The number of amides is 2. The lowest BCUT2D eigenvalue weighted by molar-refractivity contribution is -0.142. The van der Waals surface area contributed by atoms with Crippen LogP contribution in [0.3, 0.4) is 0 Å². The van der Waals surface area contributed by atoms with Gasteiger partial charge in [0, 0.05) is 26.6 Å². The zero-order valence-corrected chi connectivity index (χ0v) is 12.5. The molecule has 0 aromatic rings. The van der Waals surface area contributed by atoms with Crippen LogP contribution < -0.4 is 5.32 Å². The molecule has 1 saturated heterocycles. The molecule has 0 spiro atoms. The van der Waals surface area contributed by atoms with E-state index in [-0.39, 0.29) is 24.0 Å². The van der Waals surface area contributed by atoms with E-state index in [9.17, 15) is 9.59 Å². The molecule has 0 aliphatic carbocycles. The van der Waals surface area contributed by atoms with Crippen molar-refractivity contribution in [3.63, 3.8) is 0 Å². The van der Waals surface area contributed by atoms with Crippen molar-refractivity contribution in [1.29, 1.82) is 0 Å². The maximum Gasteiger partial charge on any atom is 0.248 e. The van der Waals surface area contributed by atoms with Gasteiger partial charge in [-0.25, -0.2) is 0 Å². The molecule has 5 nitrogen and oxygen atoms in total. The number of carbonyl (C=O) groups excluding carboxylic acids is 2. The van der Waals surface area contributed by atoms with Gasteiger partial charge in [-0.3, -0.25) is 9.59 Å². The normalized spacial score (nSPS) is 17.4. The molecule has 19 heavy (non-hydrogen) atoms. The third kappa shape index (κ3) is 6.57. The lowest BCUT2D eigenvalue weighted by Gasteiger charge is -2.32. The predicted octanol–water partition coefficient (Wildman–Crippen LogP) is 1.18. The first-order valence-corrected chi connectivity index (χ1v) is 6.94. The van der Waals surface area contributed by atoms with Crippen molar-refractivity contribution >= 4 is 11.8 Å². The first-order chi connectivity index (χ1) is 8.78. The van der Waals surface area contributed by atoms with Crippen LogP contribution in [0.1, 0.15) is 40.5 Å². The number of ether oxygens (including phenoxy) is 1. The van der Waals surface area contributed by atoms with E-state index in [2.05, 4.69) is 5.32 Å². The topological polar surface area (TPSA) is 58.6 Å². The Labute approximate surface area is 115 Å². The van der Waals surface area contributed by atoms with Crippen LogP contribution >= 0.6 is 0 Å². The summed E-state index contributed by atoms with van der Waals surface area (Å²) in [5.41, 5.74) is -0.278. The highest BCUT2D eigenvalue weighted by molar-refractivity contribution is 5.77. The van der Waals surface area contributed by atoms with Gasteiger partial charge in [-0.1, -0.05) is 0 Å². The maximum atomic E-state index is 11.9. The van der Waals surface area contributed by atoms with Gasteiger partial charge in [0.05, 0.1) is 5.60 Å². The molecule has 0 atom stereocenters. The highest BCUT2D eigenvalue weighted by Gasteiger charge is 2.24. The predicted molar refractivity (Wildman–Crippen MR) is 73.7 cm³/mol. The smallest absolute Gasteiger partial charge is 0.248 e. The standard InChI is InChI=1S/C14H26N2O3/c1-11(17)15-9-12-5-7-16(8-6-12)13(18)10-19-14(2,3)4/h12H,5-10H2,1-4H3,(H,15,17). The number of nitrogens with zero attached hydrogens (tertiary/aromatic N) is 1. The first-order valence-electron chi connectivity index (χ1n) is 6.94. The molecule has 1 fully saturated rings. The van der Waals surface area contributed by atoms with Gasteiger partial charge in [-0.15, -0.1) is 0 Å². The van der Waals surface area contributed by atoms with Gasteiger partial charge in [0.15, 0.2) is 0 Å². The summed E-state index contributed by atoms with van der Waals surface area (Å²) < 4.78 is 5.50. The summed E-state index contributed by atoms with van der Waals surface area (Å²) in [5, 5.41) is 2.84. The lowest BCUT2D eigenvalue weighted by Crippen LogP contribution is -2.43. The van der Waals surface area contributed by atoms with E-state index in [0.717, 1.165) is 32.5 Å². The van der Waals surface area contributed by atoms with Crippen molar-refractivity contribution in [2.75, 3.05) is 26.2 Å². The Morgan fingerprint density at radius 3 is 2.32 bits per heavy atom. The fourth-order valence-corrected chi connectivity index (χ4v) is 2.04. The second kappa shape index (κ2) is 6.89. The molecule has 1 aliphatic rings. The highest BCUT2D eigenvalue weighted by atomic mass is 16.5. The van der Waals surface area contributed by atoms with Crippen LogP contribution in [0.2, 0.25) is 0 Å². The summed E-state index contributed by atoms with van der Waals surface area (Å²) in [6.45, 7) is 9.76. The van der Waals surface area contributed by atoms with E-state index < -0.39 is 0 Å². The van der Waals surface area contributed by atoms with Crippen LogP contribution in [-0.2, 0) is 14.3 Å². The van der Waals surface area contributed by atoms with Gasteiger partial charge < -0.3 is 15.0 Å². The number of rotatable bonds is 4. The zero-order valence-electron chi connectivity index (χ0n) is 12.5. The second-order valence-corrected chi connectivity index (χ2v) is 6.16. The number of nitrogens with one attached hydrogen (secondary N) is 1. The Morgan fingerprint density at radius 2 is 1.84 bits per heavy atom. The van der Waals surface area contributed by atoms with Gasteiger partial charge in [0.25, 0.3) is 0 Å². The number of likely N-dealkylation sites (tertiary alicyclic amines) is 1. The molecule has 1 rings (SSSR count). The van der Waals surface area contributed by atoms with E-state index in [1.807, 2.05) is 25.7 Å². The lowest BCUT2D eigenvalue weighted by atomic mass is 9.97. The summed E-state index contributed by atoms with van der Waals surface area (Å²) in [4.78, 5) is 24.7. The fraction of sp³-hybridized carbons (Fsp3) is 0.857. The minimum atomic E-state index is -0.278. The van der Waals surface area contributed by atoms with E-state index in [0.29, 0.717) is 5.92 Å². The summed E-state index contributed by atoms with van der Waals surface area (Å²) >= 11 is 0. The summed E-state index contributed by atoms with van der Waals surface area (Å²) in [6.07, 6.45) is 1.89. The summed E-state index contributed by atoms with van der Waals surface area (Å²) in [6, 6.07) is 0. The molecule has 0 aromatic heterocycles. The number of hydrogen-bond acceptors (Lipinski definition) is 3. The Balaban J connectivity index is 2.25. The number of carbonyl (C=O) groups is 2. The van der Waals surface area contributed by atoms with Crippen LogP contribution in [0.4, 0.5) is 0 Å². The van der Waals surface area contributed by atoms with Crippen LogP contribution in [0.5, 0.6) is 0 Å². The third-order valence-electron chi connectivity index (χ3n) is 3.24. The van der Waals surface area contributed by atoms with Gasteiger partial charge in [-0.05, 0) is 39.5 Å². The molecule has 0 saturated carbocycles. The molecule has 2 amide bonds. The largest absolute Gasteiger partial charge is 0.366 e. The van der Waals surface area contributed by atoms with E-state index in [4.69, 9.17) is 4.74 Å². The van der Waals surface area contributed by atoms with Gasteiger partial charge in [0.1, 0.15) is 6.61 Å². The van der Waals surface area contributed by atoms with Crippen molar-refractivity contribution in [3.8, 4) is 0 Å². The Morgan fingerprint density at radius 1 is 1.26 bits per heavy atom. The average molecular weight is 270 g/mol. The molecule has 0 bridgehead atoms. The molecule has 110 valence electrons. The van der Waals surface area contributed by atoms with E-state index in [1.54, 1.807) is 0 Å².